The molecule has 5 heteroatoms. The number of Topliss-reactive ketones (excluding diaryl/α,β-unsaturated/α-hetero) is 1. The van der Waals surface area contributed by atoms with Crippen LogP contribution in [0.2, 0.25) is 0 Å². The summed E-state index contributed by atoms with van der Waals surface area (Å²) >= 11 is 3.40. The molecule has 1 aromatic heterocycles. The second-order valence-electron chi connectivity index (χ2n) is 3.26. The summed E-state index contributed by atoms with van der Waals surface area (Å²) in [7, 11) is 0. The molecule has 0 aromatic carbocycles. The van der Waals surface area contributed by atoms with Crippen molar-refractivity contribution in [3.05, 3.63) is 28.0 Å². The first-order chi connectivity index (χ1) is 7.20. The van der Waals surface area contributed by atoms with Crippen molar-refractivity contribution in [2.24, 2.45) is 0 Å². The topological polar surface area (TPSA) is 48.4 Å². The van der Waals surface area contributed by atoms with E-state index in [0.29, 0.717) is 12.3 Å². The maximum absolute atomic E-state index is 11.4. The van der Waals surface area contributed by atoms with Crippen LogP contribution in [0.25, 0.3) is 0 Å². The smallest absolute Gasteiger partial charge is 0.178 e. The molecule has 1 unspecified atom stereocenters. The molecule has 1 aromatic rings. The SMILES string of the molecule is CC(=O)c1nccc(Br)c1C1COCO1. The monoisotopic (exact) mass is 271 g/mol. The molecule has 1 atom stereocenters. The van der Waals surface area contributed by atoms with E-state index >= 15 is 0 Å². The van der Waals surface area contributed by atoms with Gasteiger partial charge in [0, 0.05) is 23.2 Å². The number of ether oxygens (including phenoxy) is 2. The van der Waals surface area contributed by atoms with Gasteiger partial charge in [-0.3, -0.25) is 9.78 Å². The van der Waals surface area contributed by atoms with Crippen LogP contribution in [0, 0.1) is 0 Å². The highest BCUT2D eigenvalue weighted by Crippen LogP contribution is 2.31. The molecule has 0 N–H and O–H groups in total. The Morgan fingerprint density at radius 2 is 2.47 bits per heavy atom. The zero-order chi connectivity index (χ0) is 10.8. The van der Waals surface area contributed by atoms with E-state index in [1.54, 1.807) is 12.3 Å². The summed E-state index contributed by atoms with van der Waals surface area (Å²) in [5.74, 6) is -0.0678. The number of rotatable bonds is 2. The fourth-order valence-corrected chi connectivity index (χ4v) is 2.10. The molecular formula is C10H10BrNO3. The number of pyridine rings is 1. The Hall–Kier alpha value is -0.780. The number of ketones is 1. The number of carbonyl (C=O) groups is 1. The van der Waals surface area contributed by atoms with Gasteiger partial charge in [-0.25, -0.2) is 0 Å². The van der Waals surface area contributed by atoms with Gasteiger partial charge in [0.25, 0.3) is 0 Å². The van der Waals surface area contributed by atoms with Gasteiger partial charge in [0.1, 0.15) is 18.6 Å². The lowest BCUT2D eigenvalue weighted by atomic mass is 10.1. The van der Waals surface area contributed by atoms with E-state index in [0.717, 1.165) is 10.0 Å². The van der Waals surface area contributed by atoms with Crippen LogP contribution in [0.4, 0.5) is 0 Å². The highest BCUT2D eigenvalue weighted by Gasteiger charge is 2.25. The van der Waals surface area contributed by atoms with Crippen LogP contribution < -0.4 is 0 Å². The predicted octanol–water partition coefficient (Wildman–Crippen LogP) is 2.09. The van der Waals surface area contributed by atoms with Crippen molar-refractivity contribution in [1.29, 1.82) is 0 Å². The number of hydrogen-bond acceptors (Lipinski definition) is 4. The highest BCUT2D eigenvalue weighted by atomic mass is 79.9. The maximum atomic E-state index is 11.4. The summed E-state index contributed by atoms with van der Waals surface area (Å²) in [6.45, 7) is 2.22. The van der Waals surface area contributed by atoms with Crippen LogP contribution in [0.5, 0.6) is 0 Å². The standard InChI is InChI=1S/C10H10BrNO3/c1-6(13)10-9(7(11)2-3-12-10)8-4-14-5-15-8/h2-3,8H,4-5H2,1H3. The first-order valence-corrected chi connectivity index (χ1v) is 5.34. The molecule has 1 fully saturated rings. The third kappa shape index (κ3) is 2.09. The first kappa shape index (κ1) is 10.7. The largest absolute Gasteiger partial charge is 0.352 e. The Kier molecular flexibility index (Phi) is 3.14. The predicted molar refractivity (Wildman–Crippen MR) is 56.6 cm³/mol. The minimum absolute atomic E-state index is 0.0678. The van der Waals surface area contributed by atoms with Gasteiger partial charge in [-0.1, -0.05) is 15.9 Å². The number of nitrogens with zero attached hydrogens (tertiary/aromatic N) is 1. The van der Waals surface area contributed by atoms with Crippen LogP contribution in [0.3, 0.4) is 0 Å². The molecule has 1 saturated heterocycles. The zero-order valence-corrected chi connectivity index (χ0v) is 9.78. The summed E-state index contributed by atoms with van der Waals surface area (Å²) in [6, 6.07) is 1.80. The van der Waals surface area contributed by atoms with Crippen LogP contribution in [-0.2, 0) is 9.47 Å². The van der Waals surface area contributed by atoms with Gasteiger partial charge in [-0.15, -0.1) is 0 Å². The number of aromatic nitrogens is 1. The van der Waals surface area contributed by atoms with E-state index in [1.807, 2.05) is 0 Å². The second-order valence-corrected chi connectivity index (χ2v) is 4.11. The summed E-state index contributed by atoms with van der Waals surface area (Å²) in [4.78, 5) is 15.5. The van der Waals surface area contributed by atoms with Crippen molar-refractivity contribution < 1.29 is 14.3 Å². The molecular weight excluding hydrogens is 262 g/mol. The van der Waals surface area contributed by atoms with Crippen molar-refractivity contribution in [3.63, 3.8) is 0 Å². The lowest BCUT2D eigenvalue weighted by Gasteiger charge is -2.12. The Balaban J connectivity index is 2.46. The lowest BCUT2D eigenvalue weighted by Crippen LogP contribution is -2.10. The highest BCUT2D eigenvalue weighted by molar-refractivity contribution is 9.10. The average Bonchev–Trinajstić information content (AvgIpc) is 2.70. The van der Waals surface area contributed by atoms with Crippen LogP contribution in [0.1, 0.15) is 29.1 Å². The quantitative estimate of drug-likeness (QED) is 0.773. The third-order valence-corrected chi connectivity index (χ3v) is 2.91. The Morgan fingerprint density at radius 3 is 3.07 bits per heavy atom. The summed E-state index contributed by atoms with van der Waals surface area (Å²) in [6.07, 6.45) is 1.40. The number of carbonyl (C=O) groups excluding carboxylic acids is 1. The summed E-state index contributed by atoms with van der Waals surface area (Å²) in [5.41, 5.74) is 1.22. The summed E-state index contributed by atoms with van der Waals surface area (Å²) < 4.78 is 11.3. The molecule has 0 spiro atoms. The Bertz CT molecular complexity index is 388. The van der Waals surface area contributed by atoms with Gasteiger partial charge in [0.15, 0.2) is 5.78 Å². The molecule has 80 valence electrons. The van der Waals surface area contributed by atoms with E-state index in [-0.39, 0.29) is 18.7 Å². The molecule has 15 heavy (non-hydrogen) atoms. The molecule has 2 rings (SSSR count). The molecule has 2 heterocycles. The molecule has 0 bridgehead atoms. The van der Waals surface area contributed by atoms with Gasteiger partial charge >= 0.3 is 0 Å². The molecule has 0 saturated carbocycles. The molecule has 1 aliphatic rings. The van der Waals surface area contributed by atoms with E-state index < -0.39 is 0 Å². The van der Waals surface area contributed by atoms with Crippen LogP contribution >= 0.6 is 15.9 Å². The van der Waals surface area contributed by atoms with E-state index in [9.17, 15) is 4.79 Å². The van der Waals surface area contributed by atoms with Gasteiger partial charge in [-0.05, 0) is 6.07 Å². The second kappa shape index (κ2) is 4.38. The van der Waals surface area contributed by atoms with Crippen molar-refractivity contribution >= 4 is 21.7 Å². The van der Waals surface area contributed by atoms with Crippen molar-refractivity contribution in [3.8, 4) is 0 Å². The third-order valence-electron chi connectivity index (χ3n) is 2.21. The Labute approximate surface area is 95.7 Å². The number of hydrogen-bond donors (Lipinski definition) is 0. The van der Waals surface area contributed by atoms with Gasteiger partial charge < -0.3 is 9.47 Å². The van der Waals surface area contributed by atoms with Crippen molar-refractivity contribution in [1.82, 2.24) is 4.98 Å². The van der Waals surface area contributed by atoms with Crippen molar-refractivity contribution in [2.45, 2.75) is 13.0 Å². The molecule has 1 aliphatic heterocycles. The normalized spacial score (nSPS) is 20.5. The number of halogens is 1. The average molecular weight is 272 g/mol. The van der Waals surface area contributed by atoms with E-state index in [4.69, 9.17) is 9.47 Å². The van der Waals surface area contributed by atoms with Crippen LogP contribution in [-0.4, -0.2) is 24.2 Å². The van der Waals surface area contributed by atoms with E-state index in [2.05, 4.69) is 20.9 Å². The first-order valence-electron chi connectivity index (χ1n) is 4.55. The fourth-order valence-electron chi connectivity index (χ4n) is 1.54. The fraction of sp³-hybridized carbons (Fsp3) is 0.400. The van der Waals surface area contributed by atoms with Crippen LogP contribution in [0.15, 0.2) is 16.7 Å². The van der Waals surface area contributed by atoms with Gasteiger partial charge in [0.05, 0.1) is 6.61 Å². The minimum atomic E-state index is -0.202. The maximum Gasteiger partial charge on any atom is 0.178 e. The van der Waals surface area contributed by atoms with Gasteiger partial charge in [0.2, 0.25) is 0 Å². The molecule has 0 aliphatic carbocycles. The zero-order valence-electron chi connectivity index (χ0n) is 8.20. The Morgan fingerprint density at radius 1 is 1.67 bits per heavy atom. The molecule has 0 amide bonds. The lowest BCUT2D eigenvalue weighted by molar-refractivity contribution is 0.0459. The molecule has 4 nitrogen and oxygen atoms in total. The van der Waals surface area contributed by atoms with E-state index in [1.165, 1.54) is 6.92 Å². The van der Waals surface area contributed by atoms with Gasteiger partial charge in [-0.2, -0.15) is 0 Å². The summed E-state index contributed by atoms with van der Waals surface area (Å²) in [5, 5.41) is 0. The minimum Gasteiger partial charge on any atom is -0.352 e. The van der Waals surface area contributed by atoms with Crippen molar-refractivity contribution in [2.75, 3.05) is 13.4 Å². The molecule has 0 radical (unpaired) electrons.